The van der Waals surface area contributed by atoms with Crippen LogP contribution in [0.2, 0.25) is 0 Å². The van der Waals surface area contributed by atoms with E-state index in [0.29, 0.717) is 7.92 Å². The molecule has 0 N–H and O–H groups in total. The average Bonchev–Trinajstić information content (AvgIpc) is 2.33. The van der Waals surface area contributed by atoms with Crippen LogP contribution in [0.1, 0.15) is 64.2 Å². The molecular formula is C14H26P. The van der Waals surface area contributed by atoms with Crippen molar-refractivity contribution in [3.63, 3.8) is 0 Å². The van der Waals surface area contributed by atoms with Crippen molar-refractivity contribution in [1.29, 1.82) is 0 Å². The second kappa shape index (κ2) is 6.24. The van der Waals surface area contributed by atoms with Gasteiger partial charge in [-0.15, -0.1) is 7.92 Å². The normalized spacial score (nSPS) is 26.0. The largest absolute Gasteiger partial charge is 0.100 e. The molecule has 2 aliphatic carbocycles. The summed E-state index contributed by atoms with van der Waals surface area (Å²) in [4.78, 5) is 0. The van der Waals surface area contributed by atoms with Crippen LogP contribution in [0.3, 0.4) is 0 Å². The molecule has 1 radical (unpaired) electrons. The highest BCUT2D eigenvalue weighted by Crippen LogP contribution is 2.55. The van der Waals surface area contributed by atoms with E-state index >= 15 is 0 Å². The minimum absolute atomic E-state index is 0.294. The van der Waals surface area contributed by atoms with Crippen LogP contribution in [-0.2, 0) is 0 Å². The summed E-state index contributed by atoms with van der Waals surface area (Å²) in [5, 5.41) is 0. The van der Waals surface area contributed by atoms with Gasteiger partial charge in [-0.25, -0.2) is 0 Å². The van der Waals surface area contributed by atoms with Gasteiger partial charge in [-0.2, -0.15) is 0 Å². The second-order valence-corrected chi connectivity index (χ2v) is 8.26. The van der Waals surface area contributed by atoms with E-state index in [4.69, 9.17) is 0 Å². The zero-order valence-corrected chi connectivity index (χ0v) is 11.0. The topological polar surface area (TPSA) is 0 Å². The molecule has 2 aliphatic rings. The molecule has 0 saturated heterocycles. The highest BCUT2D eigenvalue weighted by atomic mass is 31.1. The zero-order chi connectivity index (χ0) is 10.5. The zero-order valence-electron chi connectivity index (χ0n) is 10.1. The standard InChI is InChI=1S/C14H26P/c1-2-15(13-9-5-3-6-10-13)14-11-7-4-8-12-14/h13-14H,1-12H2. The fourth-order valence-corrected chi connectivity index (χ4v) is 6.87. The number of hydrogen-bond acceptors (Lipinski definition) is 0. The summed E-state index contributed by atoms with van der Waals surface area (Å²) in [6.07, 6.45) is 16.5. The molecule has 2 fully saturated rings. The first kappa shape index (κ1) is 11.9. The van der Waals surface area contributed by atoms with Gasteiger partial charge in [-0.3, -0.25) is 0 Å². The molecule has 0 aromatic carbocycles. The van der Waals surface area contributed by atoms with Gasteiger partial charge >= 0.3 is 0 Å². The third-order valence-corrected chi connectivity index (χ3v) is 7.77. The maximum atomic E-state index is 4.27. The molecule has 1 heteroatoms. The molecule has 87 valence electrons. The predicted octanol–water partition coefficient (Wildman–Crippen LogP) is 4.97. The molecule has 0 bridgehead atoms. The molecule has 0 aliphatic heterocycles. The molecule has 15 heavy (non-hydrogen) atoms. The lowest BCUT2D eigenvalue weighted by molar-refractivity contribution is 0.485. The Hall–Kier alpha value is 0.430. The first-order valence-electron chi connectivity index (χ1n) is 6.97. The Morgan fingerprint density at radius 1 is 0.733 bits per heavy atom. The van der Waals surface area contributed by atoms with E-state index < -0.39 is 0 Å². The fraction of sp³-hybridized carbons (Fsp3) is 0.929. The SMILES string of the molecule is [CH2]CP(C1CCCCC1)C1CCCCC1. The summed E-state index contributed by atoms with van der Waals surface area (Å²) in [7, 11) is 0.294. The Balaban J connectivity index is 1.88. The van der Waals surface area contributed by atoms with E-state index in [0.717, 1.165) is 11.3 Å². The van der Waals surface area contributed by atoms with E-state index in [-0.39, 0.29) is 0 Å². The van der Waals surface area contributed by atoms with Crippen LogP contribution in [0.4, 0.5) is 0 Å². The van der Waals surface area contributed by atoms with Crippen molar-refractivity contribution in [2.45, 2.75) is 75.5 Å². The highest BCUT2D eigenvalue weighted by Gasteiger charge is 2.29. The smallest absolute Gasteiger partial charge is 0.0207 e. The van der Waals surface area contributed by atoms with Crippen LogP contribution in [0.15, 0.2) is 0 Å². The molecule has 0 atom stereocenters. The van der Waals surface area contributed by atoms with Crippen molar-refractivity contribution in [3.8, 4) is 0 Å². The van der Waals surface area contributed by atoms with Gasteiger partial charge in [0.15, 0.2) is 0 Å². The Bertz CT molecular complexity index is 148. The van der Waals surface area contributed by atoms with Crippen LogP contribution in [-0.4, -0.2) is 17.5 Å². The third-order valence-electron chi connectivity index (χ3n) is 4.35. The molecule has 0 amide bonds. The Labute approximate surface area is 97.0 Å². The van der Waals surface area contributed by atoms with Gasteiger partial charge in [0.1, 0.15) is 0 Å². The Morgan fingerprint density at radius 2 is 1.13 bits per heavy atom. The summed E-state index contributed by atoms with van der Waals surface area (Å²) in [6.45, 7) is 4.27. The first-order valence-corrected chi connectivity index (χ1v) is 8.63. The first-order chi connectivity index (χ1) is 7.42. The van der Waals surface area contributed by atoms with Gasteiger partial charge in [0.05, 0.1) is 0 Å². The molecule has 0 spiro atoms. The van der Waals surface area contributed by atoms with Gasteiger partial charge in [0.25, 0.3) is 0 Å². The van der Waals surface area contributed by atoms with E-state index in [2.05, 4.69) is 6.92 Å². The second-order valence-electron chi connectivity index (χ2n) is 5.32. The molecular weight excluding hydrogens is 199 g/mol. The minimum atomic E-state index is 0.294. The maximum absolute atomic E-state index is 4.27. The maximum Gasteiger partial charge on any atom is -0.0207 e. The summed E-state index contributed by atoms with van der Waals surface area (Å²) >= 11 is 0. The lowest BCUT2D eigenvalue weighted by Gasteiger charge is -2.37. The molecule has 2 rings (SSSR count). The lowest BCUT2D eigenvalue weighted by Crippen LogP contribution is -2.21. The van der Waals surface area contributed by atoms with Crippen molar-refractivity contribution in [1.82, 2.24) is 0 Å². The molecule has 0 aromatic heterocycles. The minimum Gasteiger partial charge on any atom is -0.100 e. The summed E-state index contributed by atoms with van der Waals surface area (Å²) in [6, 6.07) is 0. The summed E-state index contributed by atoms with van der Waals surface area (Å²) in [5.74, 6) is 0. The lowest BCUT2D eigenvalue weighted by atomic mass is 9.99. The van der Waals surface area contributed by atoms with E-state index in [1.165, 1.54) is 70.4 Å². The van der Waals surface area contributed by atoms with Crippen LogP contribution in [0, 0.1) is 6.92 Å². The Kier molecular flexibility index (Phi) is 4.95. The molecule has 0 heterocycles. The molecule has 0 unspecified atom stereocenters. The van der Waals surface area contributed by atoms with Crippen molar-refractivity contribution in [3.05, 3.63) is 6.92 Å². The summed E-state index contributed by atoms with van der Waals surface area (Å²) < 4.78 is 0. The van der Waals surface area contributed by atoms with Crippen LogP contribution in [0.5, 0.6) is 0 Å². The fourth-order valence-electron chi connectivity index (χ4n) is 3.49. The van der Waals surface area contributed by atoms with E-state index in [1.54, 1.807) is 0 Å². The average molecular weight is 225 g/mol. The van der Waals surface area contributed by atoms with Crippen LogP contribution in [0.25, 0.3) is 0 Å². The summed E-state index contributed by atoms with van der Waals surface area (Å²) in [5.41, 5.74) is 2.21. The van der Waals surface area contributed by atoms with Crippen molar-refractivity contribution < 1.29 is 0 Å². The van der Waals surface area contributed by atoms with E-state index in [1.807, 2.05) is 0 Å². The molecule has 0 nitrogen and oxygen atoms in total. The predicted molar refractivity (Wildman–Crippen MR) is 70.9 cm³/mol. The van der Waals surface area contributed by atoms with Gasteiger partial charge in [0.2, 0.25) is 0 Å². The monoisotopic (exact) mass is 225 g/mol. The van der Waals surface area contributed by atoms with Gasteiger partial charge < -0.3 is 0 Å². The number of hydrogen-bond donors (Lipinski definition) is 0. The molecule has 0 aromatic rings. The van der Waals surface area contributed by atoms with Crippen LogP contribution >= 0.6 is 7.92 Å². The molecule has 2 saturated carbocycles. The van der Waals surface area contributed by atoms with Crippen molar-refractivity contribution in [2.75, 3.05) is 6.16 Å². The Morgan fingerprint density at radius 3 is 1.47 bits per heavy atom. The number of rotatable bonds is 3. The van der Waals surface area contributed by atoms with Gasteiger partial charge in [-0.05, 0) is 50.1 Å². The van der Waals surface area contributed by atoms with Gasteiger partial charge in [-0.1, -0.05) is 38.5 Å². The van der Waals surface area contributed by atoms with Crippen LogP contribution < -0.4 is 0 Å². The van der Waals surface area contributed by atoms with Crippen molar-refractivity contribution >= 4 is 7.92 Å². The van der Waals surface area contributed by atoms with E-state index in [9.17, 15) is 0 Å². The highest BCUT2D eigenvalue weighted by molar-refractivity contribution is 7.59. The quantitative estimate of drug-likeness (QED) is 0.595. The van der Waals surface area contributed by atoms with Gasteiger partial charge in [0, 0.05) is 0 Å². The third kappa shape index (κ3) is 3.19. The van der Waals surface area contributed by atoms with Crippen molar-refractivity contribution in [2.24, 2.45) is 0 Å².